The van der Waals surface area contributed by atoms with Gasteiger partial charge in [0.25, 0.3) is 0 Å². The van der Waals surface area contributed by atoms with Crippen molar-refractivity contribution >= 4 is 17.7 Å². The number of methoxy groups -OCH3 is 2. The van der Waals surface area contributed by atoms with Crippen molar-refractivity contribution in [1.82, 2.24) is 0 Å². The summed E-state index contributed by atoms with van der Waals surface area (Å²) in [4.78, 5) is 9.69. The molecule has 0 fully saturated rings. The minimum Gasteiger partial charge on any atom is -0.497 e. The van der Waals surface area contributed by atoms with Crippen LogP contribution in [0.15, 0.2) is 23.4 Å². The molecule has 0 bridgehead atoms. The Morgan fingerprint density at radius 1 is 1.44 bits per heavy atom. The summed E-state index contributed by atoms with van der Waals surface area (Å²) in [7, 11) is 2.99. The van der Waals surface area contributed by atoms with E-state index in [1.54, 1.807) is 18.2 Å². The Labute approximate surface area is 97.4 Å². The van der Waals surface area contributed by atoms with E-state index in [0.29, 0.717) is 17.1 Å². The summed E-state index contributed by atoms with van der Waals surface area (Å²) in [6.45, 7) is 0. The Bertz CT molecular complexity index is 431. The molecule has 0 unspecified atom stereocenters. The molecule has 1 aromatic carbocycles. The van der Waals surface area contributed by atoms with Crippen molar-refractivity contribution in [2.24, 2.45) is 0 Å². The first kappa shape index (κ1) is 12.3. The van der Waals surface area contributed by atoms with Crippen molar-refractivity contribution < 1.29 is 14.4 Å². The zero-order valence-electron chi connectivity index (χ0n) is 8.77. The first-order chi connectivity index (χ1) is 7.58. The molecule has 6 heteroatoms. The molecule has 0 aromatic heterocycles. The molecule has 0 heterocycles. The number of nitrogens with zero attached hydrogens (tertiary/aromatic N) is 1. The monoisotopic (exact) mass is 243 g/mol. The van der Waals surface area contributed by atoms with E-state index in [4.69, 9.17) is 21.1 Å². The lowest BCUT2D eigenvalue weighted by Gasteiger charge is -2.06. The molecule has 1 rings (SSSR count). The Balaban J connectivity index is 3.14. The van der Waals surface area contributed by atoms with Crippen LogP contribution in [-0.4, -0.2) is 19.1 Å². The third kappa shape index (κ3) is 2.87. The second-order valence-electron chi connectivity index (χ2n) is 2.83. The van der Waals surface area contributed by atoms with E-state index in [9.17, 15) is 10.1 Å². The third-order valence-corrected chi connectivity index (χ3v) is 2.14. The quantitative estimate of drug-likeness (QED) is 0.463. The lowest BCUT2D eigenvalue weighted by atomic mass is 10.2. The van der Waals surface area contributed by atoms with Gasteiger partial charge >= 0.3 is 5.16 Å². The average Bonchev–Trinajstić information content (AvgIpc) is 2.29. The van der Waals surface area contributed by atoms with Gasteiger partial charge in [0.05, 0.1) is 19.1 Å². The number of hydrogen-bond donors (Lipinski definition) is 0. The molecule has 0 saturated heterocycles. The van der Waals surface area contributed by atoms with Crippen molar-refractivity contribution in [3.8, 4) is 11.5 Å². The summed E-state index contributed by atoms with van der Waals surface area (Å²) >= 11 is 5.43. The smallest absolute Gasteiger partial charge is 0.337 e. The lowest BCUT2D eigenvalue weighted by Crippen LogP contribution is -1.93. The van der Waals surface area contributed by atoms with Crippen LogP contribution in [0.5, 0.6) is 11.5 Å². The highest BCUT2D eigenvalue weighted by molar-refractivity contribution is 6.29. The van der Waals surface area contributed by atoms with Crippen molar-refractivity contribution in [2.75, 3.05) is 14.2 Å². The molecule has 86 valence electrons. The number of benzene rings is 1. The number of halogens is 1. The fourth-order valence-electron chi connectivity index (χ4n) is 1.12. The molecule has 0 aliphatic heterocycles. The van der Waals surface area contributed by atoms with Crippen LogP contribution in [0.3, 0.4) is 0 Å². The fraction of sp³-hybridized carbons (Fsp3) is 0.200. The van der Waals surface area contributed by atoms with Crippen LogP contribution in [0.1, 0.15) is 5.56 Å². The van der Waals surface area contributed by atoms with E-state index >= 15 is 0 Å². The van der Waals surface area contributed by atoms with Crippen molar-refractivity contribution in [3.63, 3.8) is 0 Å². The van der Waals surface area contributed by atoms with Crippen LogP contribution in [-0.2, 0) is 0 Å². The Kier molecular flexibility index (Phi) is 4.13. The SMILES string of the molecule is COc1ccc(/C=C(\Cl)[N+](=O)[O-])c(OC)c1. The molecule has 0 N–H and O–H groups in total. The highest BCUT2D eigenvalue weighted by Crippen LogP contribution is 2.27. The number of nitro groups is 1. The molecule has 0 aliphatic carbocycles. The molecule has 0 spiro atoms. The van der Waals surface area contributed by atoms with Gasteiger partial charge < -0.3 is 9.47 Å². The molecule has 0 radical (unpaired) electrons. The van der Waals surface area contributed by atoms with Crippen molar-refractivity contribution in [3.05, 3.63) is 39.0 Å². The molecule has 5 nitrogen and oxygen atoms in total. The second kappa shape index (κ2) is 5.37. The van der Waals surface area contributed by atoms with Gasteiger partial charge in [-0.3, -0.25) is 10.1 Å². The summed E-state index contributed by atoms with van der Waals surface area (Å²) in [5, 5.41) is 9.90. The minimum absolute atomic E-state index is 0.458. The highest BCUT2D eigenvalue weighted by Gasteiger charge is 2.09. The largest absolute Gasteiger partial charge is 0.497 e. The summed E-state index contributed by atoms with van der Waals surface area (Å²) in [5.41, 5.74) is 0.519. The zero-order valence-corrected chi connectivity index (χ0v) is 9.52. The Hall–Kier alpha value is -1.75. The Morgan fingerprint density at radius 2 is 2.12 bits per heavy atom. The molecule has 0 amide bonds. The lowest BCUT2D eigenvalue weighted by molar-refractivity contribution is -0.410. The summed E-state index contributed by atoms with van der Waals surface area (Å²) in [5.74, 6) is 1.06. The van der Waals surface area contributed by atoms with Crippen LogP contribution in [0.25, 0.3) is 6.08 Å². The number of ether oxygens (including phenoxy) is 2. The Morgan fingerprint density at radius 3 is 2.62 bits per heavy atom. The standard InChI is InChI=1S/C10H10ClNO4/c1-15-8-4-3-7(9(6-8)16-2)5-10(11)12(13)14/h3-6H,1-2H3/b10-5+. The number of rotatable bonds is 4. The summed E-state index contributed by atoms with van der Waals surface area (Å²) in [6, 6.07) is 4.91. The van der Waals surface area contributed by atoms with E-state index < -0.39 is 10.1 Å². The topological polar surface area (TPSA) is 61.6 Å². The van der Waals surface area contributed by atoms with E-state index in [-0.39, 0.29) is 0 Å². The molecular formula is C10H10ClNO4. The van der Waals surface area contributed by atoms with Crippen LogP contribution in [0, 0.1) is 10.1 Å². The van der Waals surface area contributed by atoms with Gasteiger partial charge in [0.2, 0.25) is 0 Å². The highest BCUT2D eigenvalue weighted by atomic mass is 35.5. The first-order valence-corrected chi connectivity index (χ1v) is 4.70. The van der Waals surface area contributed by atoms with E-state index in [1.165, 1.54) is 20.3 Å². The van der Waals surface area contributed by atoms with Crippen molar-refractivity contribution in [2.45, 2.75) is 0 Å². The van der Waals surface area contributed by atoms with E-state index in [0.717, 1.165) is 0 Å². The van der Waals surface area contributed by atoms with Gasteiger partial charge in [-0.05, 0) is 23.7 Å². The molecular weight excluding hydrogens is 234 g/mol. The van der Waals surface area contributed by atoms with E-state index in [2.05, 4.69) is 0 Å². The van der Waals surface area contributed by atoms with Crippen LogP contribution in [0.2, 0.25) is 0 Å². The average molecular weight is 244 g/mol. The maximum Gasteiger partial charge on any atom is 0.337 e. The van der Waals surface area contributed by atoms with Gasteiger partial charge in [-0.25, -0.2) is 0 Å². The first-order valence-electron chi connectivity index (χ1n) is 4.32. The molecule has 0 atom stereocenters. The predicted octanol–water partition coefficient (Wildman–Crippen LogP) is 2.52. The second-order valence-corrected chi connectivity index (χ2v) is 3.22. The predicted molar refractivity (Wildman–Crippen MR) is 60.4 cm³/mol. The van der Waals surface area contributed by atoms with Crippen molar-refractivity contribution in [1.29, 1.82) is 0 Å². The molecule has 16 heavy (non-hydrogen) atoms. The zero-order chi connectivity index (χ0) is 12.1. The fourth-order valence-corrected chi connectivity index (χ4v) is 1.24. The molecule has 0 saturated carbocycles. The maximum absolute atomic E-state index is 10.4. The third-order valence-electron chi connectivity index (χ3n) is 1.89. The van der Waals surface area contributed by atoms with Crippen LogP contribution >= 0.6 is 11.6 Å². The summed E-state index contributed by atoms with van der Waals surface area (Å²) in [6.07, 6.45) is 1.22. The minimum atomic E-state index is -0.675. The van der Waals surface area contributed by atoms with Gasteiger partial charge in [-0.1, -0.05) is 0 Å². The normalized spacial score (nSPS) is 11.1. The van der Waals surface area contributed by atoms with Gasteiger partial charge in [0.1, 0.15) is 11.5 Å². The van der Waals surface area contributed by atoms with Gasteiger partial charge in [-0.15, -0.1) is 0 Å². The molecule has 1 aromatic rings. The molecule has 0 aliphatic rings. The van der Waals surface area contributed by atoms with Crippen LogP contribution < -0.4 is 9.47 Å². The van der Waals surface area contributed by atoms with Crippen LogP contribution in [0.4, 0.5) is 0 Å². The summed E-state index contributed by atoms with van der Waals surface area (Å²) < 4.78 is 10.1. The van der Waals surface area contributed by atoms with Gasteiger partial charge in [-0.2, -0.15) is 0 Å². The van der Waals surface area contributed by atoms with Gasteiger partial charge in [0, 0.05) is 17.7 Å². The van der Waals surface area contributed by atoms with Gasteiger partial charge in [0.15, 0.2) is 0 Å². The number of hydrogen-bond acceptors (Lipinski definition) is 4. The maximum atomic E-state index is 10.4. The van der Waals surface area contributed by atoms with E-state index in [1.807, 2.05) is 0 Å².